The van der Waals surface area contributed by atoms with E-state index in [1.165, 1.54) is 4.88 Å². The van der Waals surface area contributed by atoms with Crippen LogP contribution in [-0.2, 0) is 6.42 Å². The Morgan fingerprint density at radius 1 is 1.39 bits per heavy atom. The molecule has 0 aliphatic rings. The second-order valence-electron chi connectivity index (χ2n) is 4.00. The number of carbonyl (C=O) groups is 1. The van der Waals surface area contributed by atoms with Crippen LogP contribution < -0.4 is 0 Å². The van der Waals surface area contributed by atoms with E-state index < -0.39 is 0 Å². The molecule has 2 nitrogen and oxygen atoms in total. The second-order valence-corrected chi connectivity index (χ2v) is 5.17. The zero-order valence-corrected chi connectivity index (χ0v) is 11.1. The van der Waals surface area contributed by atoms with Gasteiger partial charge in [-0.15, -0.1) is 11.3 Å². The van der Waals surface area contributed by atoms with Crippen LogP contribution in [-0.4, -0.2) is 10.8 Å². The Balaban J connectivity index is 2.05. The lowest BCUT2D eigenvalue weighted by molar-refractivity contribution is 0.105. The molecule has 0 N–H and O–H groups in total. The Labute approximate surface area is 111 Å². The number of hydrogen-bond donors (Lipinski definition) is 0. The second kappa shape index (κ2) is 6.26. The van der Waals surface area contributed by atoms with Crippen LogP contribution in [0.5, 0.6) is 0 Å². The molecule has 3 heteroatoms. The Hall–Kier alpha value is -1.74. The summed E-state index contributed by atoms with van der Waals surface area (Å²) in [6.45, 7) is 2.14. The van der Waals surface area contributed by atoms with Crippen molar-refractivity contribution in [2.45, 2.75) is 19.8 Å². The molecule has 2 aromatic heterocycles. The minimum Gasteiger partial charge on any atom is -0.288 e. The van der Waals surface area contributed by atoms with Gasteiger partial charge in [-0.2, -0.15) is 0 Å². The van der Waals surface area contributed by atoms with Crippen LogP contribution in [0.25, 0.3) is 6.08 Å². The number of allylic oxidation sites excluding steroid dienone is 1. The van der Waals surface area contributed by atoms with E-state index >= 15 is 0 Å². The molecule has 2 rings (SSSR count). The van der Waals surface area contributed by atoms with Crippen molar-refractivity contribution in [1.29, 1.82) is 0 Å². The lowest BCUT2D eigenvalue weighted by atomic mass is 10.2. The van der Waals surface area contributed by atoms with Crippen LogP contribution in [0.15, 0.2) is 42.7 Å². The smallest absolute Gasteiger partial charge is 0.195 e. The molecule has 0 aromatic carbocycles. The van der Waals surface area contributed by atoms with Crippen molar-refractivity contribution in [2.24, 2.45) is 0 Å². The van der Waals surface area contributed by atoms with Crippen LogP contribution in [0.3, 0.4) is 0 Å². The van der Waals surface area contributed by atoms with Gasteiger partial charge in [-0.3, -0.25) is 9.78 Å². The van der Waals surface area contributed by atoms with Gasteiger partial charge >= 0.3 is 0 Å². The maximum absolute atomic E-state index is 11.9. The molecule has 2 aromatic rings. The maximum atomic E-state index is 11.9. The van der Waals surface area contributed by atoms with Gasteiger partial charge in [-0.1, -0.05) is 19.4 Å². The molecular formula is C15H15NOS. The topological polar surface area (TPSA) is 30.0 Å². The Bertz CT molecular complexity index is 543. The van der Waals surface area contributed by atoms with Gasteiger partial charge in [0.05, 0.1) is 4.88 Å². The molecule has 0 atom stereocenters. The zero-order valence-electron chi connectivity index (χ0n) is 10.3. The number of pyridine rings is 1. The van der Waals surface area contributed by atoms with Crippen molar-refractivity contribution >= 4 is 23.2 Å². The molecular weight excluding hydrogens is 242 g/mol. The van der Waals surface area contributed by atoms with E-state index in [1.54, 1.807) is 35.9 Å². The molecule has 0 radical (unpaired) electrons. The summed E-state index contributed by atoms with van der Waals surface area (Å²) in [4.78, 5) is 18.0. The Kier molecular flexibility index (Phi) is 4.42. The summed E-state index contributed by atoms with van der Waals surface area (Å²) in [5, 5.41) is 0. The zero-order chi connectivity index (χ0) is 12.8. The summed E-state index contributed by atoms with van der Waals surface area (Å²) in [5.41, 5.74) is 0.941. The fraction of sp³-hybridized carbons (Fsp3) is 0.200. The molecule has 2 heterocycles. The third kappa shape index (κ3) is 3.37. The summed E-state index contributed by atoms with van der Waals surface area (Å²) in [7, 11) is 0. The highest BCUT2D eigenvalue weighted by Crippen LogP contribution is 2.19. The first-order valence-electron chi connectivity index (χ1n) is 6.00. The quantitative estimate of drug-likeness (QED) is 0.599. The number of aryl methyl sites for hydroxylation is 1. The molecule has 0 amide bonds. The van der Waals surface area contributed by atoms with Gasteiger partial charge < -0.3 is 0 Å². The summed E-state index contributed by atoms with van der Waals surface area (Å²) >= 11 is 1.58. The molecule has 0 spiro atoms. The lowest BCUT2D eigenvalue weighted by Crippen LogP contribution is -1.88. The molecule has 0 saturated heterocycles. The van der Waals surface area contributed by atoms with Gasteiger partial charge in [0.25, 0.3) is 0 Å². The predicted octanol–water partition coefficient (Wildman–Crippen LogP) is 3.99. The molecule has 0 aliphatic carbocycles. The van der Waals surface area contributed by atoms with E-state index in [9.17, 15) is 4.79 Å². The largest absolute Gasteiger partial charge is 0.288 e. The van der Waals surface area contributed by atoms with Crippen molar-refractivity contribution in [3.05, 3.63) is 58.1 Å². The minimum absolute atomic E-state index is 0.0613. The normalized spacial score (nSPS) is 10.9. The van der Waals surface area contributed by atoms with Gasteiger partial charge in [0.2, 0.25) is 0 Å². The van der Waals surface area contributed by atoms with Crippen LogP contribution in [0, 0.1) is 0 Å². The molecule has 0 fully saturated rings. The highest BCUT2D eigenvalue weighted by molar-refractivity contribution is 7.14. The number of aromatic nitrogens is 1. The number of nitrogens with zero attached hydrogens (tertiary/aromatic N) is 1. The SMILES string of the molecule is CCCc1ccc(C(=O)/C=C/c2cccnc2)s1. The standard InChI is InChI=1S/C15H15NOS/c1-2-4-13-7-9-15(18-13)14(17)8-6-12-5-3-10-16-11-12/h3,5-11H,2,4H2,1H3/b8-6+. The highest BCUT2D eigenvalue weighted by atomic mass is 32.1. The Morgan fingerprint density at radius 2 is 2.28 bits per heavy atom. The number of rotatable bonds is 5. The first-order chi connectivity index (χ1) is 8.79. The highest BCUT2D eigenvalue weighted by Gasteiger charge is 2.05. The summed E-state index contributed by atoms with van der Waals surface area (Å²) in [6.07, 6.45) is 9.02. The average Bonchev–Trinajstić information content (AvgIpc) is 2.86. The van der Waals surface area contributed by atoms with Crippen molar-refractivity contribution < 1.29 is 4.79 Å². The fourth-order valence-corrected chi connectivity index (χ4v) is 2.65. The summed E-state index contributed by atoms with van der Waals surface area (Å²) in [6, 6.07) is 7.73. The van der Waals surface area contributed by atoms with Crippen LogP contribution in [0.4, 0.5) is 0 Å². The van der Waals surface area contributed by atoms with E-state index in [4.69, 9.17) is 0 Å². The molecule has 92 valence electrons. The summed E-state index contributed by atoms with van der Waals surface area (Å²) < 4.78 is 0. The van der Waals surface area contributed by atoms with Crippen molar-refractivity contribution in [3.63, 3.8) is 0 Å². The third-order valence-electron chi connectivity index (χ3n) is 2.51. The Morgan fingerprint density at radius 3 is 3.00 bits per heavy atom. The van der Waals surface area contributed by atoms with Crippen LogP contribution >= 0.6 is 11.3 Å². The van der Waals surface area contributed by atoms with Gasteiger partial charge in [0.1, 0.15) is 0 Å². The molecule has 0 aliphatic heterocycles. The van der Waals surface area contributed by atoms with Crippen molar-refractivity contribution in [2.75, 3.05) is 0 Å². The monoisotopic (exact) mass is 257 g/mol. The van der Waals surface area contributed by atoms with E-state index in [2.05, 4.69) is 11.9 Å². The molecule has 18 heavy (non-hydrogen) atoms. The van der Waals surface area contributed by atoms with Crippen molar-refractivity contribution in [3.8, 4) is 0 Å². The van der Waals surface area contributed by atoms with Gasteiger partial charge in [0, 0.05) is 17.3 Å². The van der Waals surface area contributed by atoms with Crippen molar-refractivity contribution in [1.82, 2.24) is 4.98 Å². The third-order valence-corrected chi connectivity index (χ3v) is 3.67. The average molecular weight is 257 g/mol. The number of carbonyl (C=O) groups excluding carboxylic acids is 1. The fourth-order valence-electron chi connectivity index (χ4n) is 1.62. The molecule has 0 unspecified atom stereocenters. The molecule has 0 bridgehead atoms. The number of thiophene rings is 1. The van der Waals surface area contributed by atoms with E-state index in [1.807, 2.05) is 24.3 Å². The first-order valence-corrected chi connectivity index (χ1v) is 6.82. The van der Waals surface area contributed by atoms with E-state index in [0.29, 0.717) is 0 Å². The van der Waals surface area contributed by atoms with Crippen LogP contribution in [0.2, 0.25) is 0 Å². The lowest BCUT2D eigenvalue weighted by Gasteiger charge is -1.91. The molecule has 0 saturated carbocycles. The maximum Gasteiger partial charge on any atom is 0.195 e. The number of ketones is 1. The van der Waals surface area contributed by atoms with E-state index in [-0.39, 0.29) is 5.78 Å². The minimum atomic E-state index is 0.0613. The predicted molar refractivity (Wildman–Crippen MR) is 75.9 cm³/mol. The van der Waals surface area contributed by atoms with Gasteiger partial charge in [0.15, 0.2) is 5.78 Å². The van der Waals surface area contributed by atoms with Gasteiger partial charge in [-0.05, 0) is 42.3 Å². The van der Waals surface area contributed by atoms with Gasteiger partial charge in [-0.25, -0.2) is 0 Å². The first kappa shape index (κ1) is 12.7. The van der Waals surface area contributed by atoms with E-state index in [0.717, 1.165) is 23.3 Å². The summed E-state index contributed by atoms with van der Waals surface area (Å²) in [5.74, 6) is 0.0613. The van der Waals surface area contributed by atoms with Crippen LogP contribution in [0.1, 0.15) is 33.5 Å². The number of hydrogen-bond acceptors (Lipinski definition) is 3.